The molecule has 18 heavy (non-hydrogen) atoms. The zero-order chi connectivity index (χ0) is 12.9. The molecule has 0 saturated carbocycles. The molecule has 2 aliphatic rings. The maximum Gasteiger partial charge on any atom is 0.111 e. The molecule has 0 spiro atoms. The Morgan fingerprint density at radius 1 is 0.944 bits per heavy atom. The molecule has 1 atom stereocenters. The van der Waals surface area contributed by atoms with Crippen LogP contribution in [0.1, 0.15) is 30.9 Å². The summed E-state index contributed by atoms with van der Waals surface area (Å²) in [6.45, 7) is 4.41. The SMILES string of the molecule is CC1=C(C)N(C)C(C2C=Cc3ccccc32)N1C. The van der Waals surface area contributed by atoms with Gasteiger partial charge in [0.15, 0.2) is 0 Å². The minimum Gasteiger partial charge on any atom is -0.356 e. The number of hydrogen-bond acceptors (Lipinski definition) is 2. The molecule has 94 valence electrons. The van der Waals surface area contributed by atoms with Gasteiger partial charge >= 0.3 is 0 Å². The van der Waals surface area contributed by atoms with Crippen molar-refractivity contribution in [1.82, 2.24) is 9.80 Å². The lowest BCUT2D eigenvalue weighted by Gasteiger charge is -2.34. The Kier molecular flexibility index (Phi) is 2.47. The monoisotopic (exact) mass is 240 g/mol. The summed E-state index contributed by atoms with van der Waals surface area (Å²) in [7, 11) is 4.39. The third-order valence-electron chi connectivity index (χ3n) is 4.53. The Bertz CT molecular complexity index is 524. The van der Waals surface area contributed by atoms with E-state index >= 15 is 0 Å². The van der Waals surface area contributed by atoms with Crippen molar-refractivity contribution in [2.75, 3.05) is 14.1 Å². The van der Waals surface area contributed by atoms with Crippen LogP contribution in [0.4, 0.5) is 0 Å². The molecule has 0 saturated heterocycles. The minimum atomic E-state index is 0.407. The topological polar surface area (TPSA) is 6.48 Å². The molecule has 1 aliphatic carbocycles. The van der Waals surface area contributed by atoms with E-state index in [4.69, 9.17) is 0 Å². The normalized spacial score (nSPS) is 23.2. The van der Waals surface area contributed by atoms with Gasteiger partial charge in [-0.2, -0.15) is 0 Å². The average Bonchev–Trinajstić information content (AvgIpc) is 2.87. The zero-order valence-electron chi connectivity index (χ0n) is 11.5. The number of likely N-dealkylation sites (N-methyl/N-ethyl adjacent to an activating group) is 2. The summed E-state index contributed by atoms with van der Waals surface area (Å²) in [6, 6.07) is 8.71. The molecule has 1 aromatic carbocycles. The van der Waals surface area contributed by atoms with E-state index in [1.54, 1.807) is 0 Å². The van der Waals surface area contributed by atoms with Crippen molar-refractivity contribution in [2.45, 2.75) is 25.9 Å². The van der Waals surface area contributed by atoms with Crippen LogP contribution in [0, 0.1) is 0 Å². The van der Waals surface area contributed by atoms with Gasteiger partial charge < -0.3 is 9.80 Å². The Hall–Kier alpha value is -1.70. The van der Waals surface area contributed by atoms with Gasteiger partial charge in [0.1, 0.15) is 6.17 Å². The summed E-state index contributed by atoms with van der Waals surface area (Å²) >= 11 is 0. The second kappa shape index (κ2) is 3.91. The van der Waals surface area contributed by atoms with E-state index in [2.05, 4.69) is 74.2 Å². The smallest absolute Gasteiger partial charge is 0.111 e. The van der Waals surface area contributed by atoms with E-state index < -0.39 is 0 Å². The van der Waals surface area contributed by atoms with Gasteiger partial charge in [-0.25, -0.2) is 0 Å². The lowest BCUT2D eigenvalue weighted by Crippen LogP contribution is -2.40. The molecule has 0 N–H and O–H groups in total. The van der Waals surface area contributed by atoms with Crippen LogP contribution in [0.3, 0.4) is 0 Å². The number of nitrogens with zero attached hydrogens (tertiary/aromatic N) is 2. The van der Waals surface area contributed by atoms with Crippen molar-refractivity contribution in [3.8, 4) is 0 Å². The highest BCUT2D eigenvalue weighted by atomic mass is 15.4. The quantitative estimate of drug-likeness (QED) is 0.743. The van der Waals surface area contributed by atoms with Gasteiger partial charge in [-0.1, -0.05) is 36.4 Å². The molecular formula is C16H20N2. The van der Waals surface area contributed by atoms with Crippen LogP contribution < -0.4 is 0 Å². The number of fused-ring (bicyclic) bond motifs is 1. The molecule has 1 aromatic rings. The maximum atomic E-state index is 2.40. The fraction of sp³-hybridized carbons (Fsp3) is 0.375. The fourth-order valence-corrected chi connectivity index (χ4v) is 3.19. The molecule has 2 heteroatoms. The van der Waals surface area contributed by atoms with Gasteiger partial charge in [0.05, 0.1) is 0 Å². The van der Waals surface area contributed by atoms with Crippen LogP contribution in [0.15, 0.2) is 41.7 Å². The Balaban J connectivity index is 1.98. The molecule has 0 bridgehead atoms. The highest BCUT2D eigenvalue weighted by Gasteiger charge is 2.37. The molecule has 3 rings (SSSR count). The standard InChI is InChI=1S/C16H20N2/c1-11-12(2)18(4)16(17(11)3)15-10-9-13-7-5-6-8-14(13)15/h5-10,15-16H,1-4H3. The third-order valence-corrected chi connectivity index (χ3v) is 4.53. The average molecular weight is 240 g/mol. The maximum absolute atomic E-state index is 2.40. The first-order chi connectivity index (χ1) is 8.61. The number of rotatable bonds is 1. The number of benzene rings is 1. The van der Waals surface area contributed by atoms with Gasteiger partial charge in [0.25, 0.3) is 0 Å². The number of hydrogen-bond donors (Lipinski definition) is 0. The van der Waals surface area contributed by atoms with Crippen LogP contribution in [0.5, 0.6) is 0 Å². The molecule has 2 nitrogen and oxygen atoms in total. The van der Waals surface area contributed by atoms with Crippen LogP contribution in [-0.4, -0.2) is 30.1 Å². The van der Waals surface area contributed by atoms with E-state index in [9.17, 15) is 0 Å². The summed E-state index contributed by atoms with van der Waals surface area (Å²) in [5, 5.41) is 0. The van der Waals surface area contributed by atoms with Gasteiger partial charge in [-0.15, -0.1) is 0 Å². The van der Waals surface area contributed by atoms with Crippen molar-refractivity contribution >= 4 is 6.08 Å². The molecule has 0 aromatic heterocycles. The first-order valence-electron chi connectivity index (χ1n) is 6.51. The molecular weight excluding hydrogens is 220 g/mol. The second-order valence-electron chi connectivity index (χ2n) is 5.32. The Labute approximate surface area is 109 Å². The molecule has 0 radical (unpaired) electrons. The molecule has 1 heterocycles. The van der Waals surface area contributed by atoms with Crippen molar-refractivity contribution in [1.29, 1.82) is 0 Å². The van der Waals surface area contributed by atoms with Gasteiger partial charge in [-0.3, -0.25) is 0 Å². The summed E-state index contributed by atoms with van der Waals surface area (Å²) in [5.41, 5.74) is 5.57. The van der Waals surface area contributed by atoms with Crippen molar-refractivity contribution in [2.24, 2.45) is 0 Å². The number of allylic oxidation sites excluding steroid dienone is 2. The van der Waals surface area contributed by atoms with Gasteiger partial charge in [0.2, 0.25) is 0 Å². The minimum absolute atomic E-state index is 0.407. The van der Waals surface area contributed by atoms with E-state index in [0.29, 0.717) is 12.1 Å². The fourth-order valence-electron chi connectivity index (χ4n) is 3.19. The van der Waals surface area contributed by atoms with E-state index in [-0.39, 0.29) is 0 Å². The predicted molar refractivity (Wildman–Crippen MR) is 75.9 cm³/mol. The van der Waals surface area contributed by atoms with Crippen LogP contribution in [-0.2, 0) is 0 Å². The van der Waals surface area contributed by atoms with Crippen LogP contribution >= 0.6 is 0 Å². The van der Waals surface area contributed by atoms with E-state index in [1.807, 2.05) is 0 Å². The highest BCUT2D eigenvalue weighted by Crippen LogP contribution is 2.40. The van der Waals surface area contributed by atoms with Gasteiger partial charge in [-0.05, 0) is 25.0 Å². The third kappa shape index (κ3) is 1.41. The molecule has 0 fully saturated rings. The van der Waals surface area contributed by atoms with Crippen LogP contribution in [0.2, 0.25) is 0 Å². The first-order valence-corrected chi connectivity index (χ1v) is 6.51. The van der Waals surface area contributed by atoms with Crippen molar-refractivity contribution in [3.05, 3.63) is 52.9 Å². The van der Waals surface area contributed by atoms with Crippen molar-refractivity contribution in [3.63, 3.8) is 0 Å². The zero-order valence-corrected chi connectivity index (χ0v) is 11.5. The Morgan fingerprint density at radius 2 is 1.56 bits per heavy atom. The summed E-state index contributed by atoms with van der Waals surface area (Å²) in [4.78, 5) is 4.79. The predicted octanol–water partition coefficient (Wildman–Crippen LogP) is 3.25. The molecule has 0 amide bonds. The lowest BCUT2D eigenvalue weighted by atomic mass is 9.97. The molecule has 1 aliphatic heterocycles. The second-order valence-corrected chi connectivity index (χ2v) is 5.32. The van der Waals surface area contributed by atoms with Crippen molar-refractivity contribution < 1.29 is 0 Å². The summed E-state index contributed by atoms with van der Waals surface area (Å²) in [5.74, 6) is 0.462. The summed E-state index contributed by atoms with van der Waals surface area (Å²) < 4.78 is 0. The summed E-state index contributed by atoms with van der Waals surface area (Å²) in [6.07, 6.45) is 5.00. The lowest BCUT2D eigenvalue weighted by molar-refractivity contribution is 0.173. The van der Waals surface area contributed by atoms with Gasteiger partial charge in [0, 0.05) is 31.4 Å². The first kappa shape index (κ1) is 11.4. The molecule has 1 unspecified atom stereocenters. The van der Waals surface area contributed by atoms with E-state index in [1.165, 1.54) is 22.5 Å². The Morgan fingerprint density at radius 3 is 2.22 bits per heavy atom. The van der Waals surface area contributed by atoms with E-state index in [0.717, 1.165) is 0 Å². The van der Waals surface area contributed by atoms with Crippen LogP contribution in [0.25, 0.3) is 6.08 Å². The highest BCUT2D eigenvalue weighted by molar-refractivity contribution is 5.63. The largest absolute Gasteiger partial charge is 0.356 e.